The van der Waals surface area contributed by atoms with Crippen LogP contribution in [0.15, 0.2) is 42.5 Å². The molecule has 0 radical (unpaired) electrons. The normalized spacial score (nSPS) is 11.4. The Kier molecular flexibility index (Phi) is 6.59. The van der Waals surface area contributed by atoms with Crippen LogP contribution >= 0.6 is 0 Å². The summed E-state index contributed by atoms with van der Waals surface area (Å²) in [5, 5.41) is 4.53. The van der Waals surface area contributed by atoms with Crippen molar-refractivity contribution in [2.75, 3.05) is 11.9 Å². The summed E-state index contributed by atoms with van der Waals surface area (Å²) in [6, 6.07) is 9.42. The second-order valence-electron chi connectivity index (χ2n) is 5.74. The Morgan fingerprint density at radius 2 is 1.81 bits per heavy atom. The molecule has 2 rings (SSSR count). The van der Waals surface area contributed by atoms with Gasteiger partial charge in [-0.2, -0.15) is 0 Å². The second-order valence-corrected chi connectivity index (χ2v) is 5.74. The summed E-state index contributed by atoms with van der Waals surface area (Å²) < 4.78 is 31.5. The number of carbonyl (C=O) groups is 3. The zero-order valence-corrected chi connectivity index (χ0v) is 14.7. The maximum absolute atomic E-state index is 13.5. The number of hydrogen-bond acceptors (Lipinski definition) is 4. The fraction of sp³-hybridized carbons (Fsp3) is 0.211. The van der Waals surface area contributed by atoms with Crippen LogP contribution in [0.2, 0.25) is 0 Å². The van der Waals surface area contributed by atoms with E-state index in [2.05, 4.69) is 10.6 Å². The summed E-state index contributed by atoms with van der Waals surface area (Å²) >= 11 is 0. The number of benzene rings is 2. The van der Waals surface area contributed by atoms with E-state index in [9.17, 15) is 23.2 Å². The Hall–Kier alpha value is -3.29. The van der Waals surface area contributed by atoms with Crippen molar-refractivity contribution in [2.45, 2.75) is 20.0 Å². The Balaban J connectivity index is 1.86. The fourth-order valence-corrected chi connectivity index (χ4v) is 2.20. The van der Waals surface area contributed by atoms with Crippen molar-refractivity contribution in [3.05, 3.63) is 65.2 Å². The molecule has 0 aliphatic heterocycles. The number of anilines is 1. The minimum absolute atomic E-state index is 0.365. The number of aryl methyl sites for hydroxylation is 1. The van der Waals surface area contributed by atoms with Gasteiger partial charge in [0.2, 0.25) is 0 Å². The smallest absolute Gasteiger partial charge is 0.326 e. The van der Waals surface area contributed by atoms with Gasteiger partial charge in [-0.3, -0.25) is 14.4 Å². The molecular weight excluding hydrogens is 358 g/mol. The molecule has 0 aliphatic rings. The topological polar surface area (TPSA) is 84.5 Å². The molecule has 0 fully saturated rings. The van der Waals surface area contributed by atoms with Gasteiger partial charge in [-0.1, -0.05) is 18.2 Å². The Labute approximate surface area is 154 Å². The minimum atomic E-state index is -1.27. The van der Waals surface area contributed by atoms with Gasteiger partial charge in [0.15, 0.2) is 6.10 Å². The van der Waals surface area contributed by atoms with Crippen LogP contribution in [-0.2, 0) is 14.3 Å². The van der Waals surface area contributed by atoms with E-state index < -0.39 is 42.1 Å². The summed E-state index contributed by atoms with van der Waals surface area (Å²) in [5.41, 5.74) is 0.793. The van der Waals surface area contributed by atoms with Crippen molar-refractivity contribution in [3.63, 3.8) is 0 Å². The summed E-state index contributed by atoms with van der Waals surface area (Å²) in [6.07, 6.45) is -1.27. The van der Waals surface area contributed by atoms with Crippen molar-refractivity contribution in [1.29, 1.82) is 0 Å². The molecule has 0 aromatic heterocycles. The van der Waals surface area contributed by atoms with Crippen molar-refractivity contribution >= 4 is 23.5 Å². The van der Waals surface area contributed by atoms with Gasteiger partial charge in [0, 0.05) is 11.6 Å². The first-order valence-electron chi connectivity index (χ1n) is 8.07. The molecule has 0 saturated carbocycles. The molecule has 0 heterocycles. The molecular formula is C19H18F2N2O4. The summed E-state index contributed by atoms with van der Waals surface area (Å²) in [5.74, 6) is -3.69. The standard InChI is InChI=1S/C19H18F2N2O4/c1-11-5-3-4-6-14(11)19(26)22-10-17(24)27-12(2)18(25)23-16-9-13(20)7-8-15(16)21/h3-9,12H,10H2,1-2H3,(H,22,26)(H,23,25). The van der Waals surface area contributed by atoms with Gasteiger partial charge in [0.25, 0.3) is 11.8 Å². The molecule has 2 aromatic carbocycles. The monoisotopic (exact) mass is 376 g/mol. The first kappa shape index (κ1) is 20.0. The molecule has 1 unspecified atom stereocenters. The number of carbonyl (C=O) groups excluding carboxylic acids is 3. The Bertz CT molecular complexity index is 871. The lowest BCUT2D eigenvalue weighted by Crippen LogP contribution is -2.36. The predicted octanol–water partition coefficient (Wildman–Crippen LogP) is 2.57. The largest absolute Gasteiger partial charge is 0.451 e. The molecule has 27 heavy (non-hydrogen) atoms. The van der Waals surface area contributed by atoms with E-state index in [1.165, 1.54) is 6.92 Å². The Morgan fingerprint density at radius 1 is 1.11 bits per heavy atom. The molecule has 0 saturated heterocycles. The SMILES string of the molecule is Cc1ccccc1C(=O)NCC(=O)OC(C)C(=O)Nc1cc(F)ccc1F. The van der Waals surface area contributed by atoms with Crippen LogP contribution in [0.25, 0.3) is 0 Å². The number of rotatable bonds is 6. The lowest BCUT2D eigenvalue weighted by atomic mass is 10.1. The van der Waals surface area contributed by atoms with E-state index in [-0.39, 0.29) is 5.69 Å². The summed E-state index contributed by atoms with van der Waals surface area (Å²) in [7, 11) is 0. The third-order valence-electron chi connectivity index (χ3n) is 3.65. The van der Waals surface area contributed by atoms with E-state index in [1.54, 1.807) is 31.2 Å². The van der Waals surface area contributed by atoms with Crippen LogP contribution in [0.4, 0.5) is 14.5 Å². The lowest BCUT2D eigenvalue weighted by Gasteiger charge is -2.14. The van der Waals surface area contributed by atoms with Crippen LogP contribution in [0.3, 0.4) is 0 Å². The average molecular weight is 376 g/mol. The van der Waals surface area contributed by atoms with Crippen LogP contribution in [-0.4, -0.2) is 30.4 Å². The molecule has 0 spiro atoms. The summed E-state index contributed by atoms with van der Waals surface area (Å²) in [6.45, 7) is 2.58. The second kappa shape index (κ2) is 8.88. The fourth-order valence-electron chi connectivity index (χ4n) is 2.20. The van der Waals surface area contributed by atoms with E-state index in [4.69, 9.17) is 4.74 Å². The molecule has 0 aliphatic carbocycles. The molecule has 2 amide bonds. The van der Waals surface area contributed by atoms with Crippen molar-refractivity contribution in [3.8, 4) is 0 Å². The number of ether oxygens (including phenoxy) is 1. The highest BCUT2D eigenvalue weighted by Crippen LogP contribution is 2.15. The van der Waals surface area contributed by atoms with E-state index >= 15 is 0 Å². The predicted molar refractivity (Wildman–Crippen MR) is 94.1 cm³/mol. The molecule has 1 atom stereocenters. The zero-order chi connectivity index (χ0) is 20.0. The Morgan fingerprint density at radius 3 is 2.52 bits per heavy atom. The van der Waals surface area contributed by atoms with Gasteiger partial charge >= 0.3 is 5.97 Å². The number of nitrogens with one attached hydrogen (secondary N) is 2. The minimum Gasteiger partial charge on any atom is -0.451 e. The van der Waals surface area contributed by atoms with Crippen molar-refractivity contribution in [2.24, 2.45) is 0 Å². The number of halogens is 2. The van der Waals surface area contributed by atoms with E-state index in [0.717, 1.165) is 23.8 Å². The third-order valence-corrected chi connectivity index (χ3v) is 3.65. The maximum Gasteiger partial charge on any atom is 0.326 e. The van der Waals surface area contributed by atoms with Crippen molar-refractivity contribution < 1.29 is 27.9 Å². The van der Waals surface area contributed by atoms with Gasteiger partial charge in [-0.25, -0.2) is 8.78 Å². The average Bonchev–Trinajstić information content (AvgIpc) is 2.63. The molecule has 2 aromatic rings. The quantitative estimate of drug-likeness (QED) is 0.759. The van der Waals surface area contributed by atoms with Gasteiger partial charge in [0.1, 0.15) is 18.2 Å². The molecule has 142 valence electrons. The van der Waals surface area contributed by atoms with Gasteiger partial charge in [0.05, 0.1) is 5.69 Å². The maximum atomic E-state index is 13.5. The van der Waals surface area contributed by atoms with Gasteiger partial charge < -0.3 is 15.4 Å². The van der Waals surface area contributed by atoms with Gasteiger partial charge in [-0.05, 0) is 37.6 Å². The van der Waals surface area contributed by atoms with E-state index in [0.29, 0.717) is 5.56 Å². The van der Waals surface area contributed by atoms with Crippen LogP contribution < -0.4 is 10.6 Å². The van der Waals surface area contributed by atoms with Crippen LogP contribution in [0, 0.1) is 18.6 Å². The first-order chi connectivity index (χ1) is 12.8. The molecule has 6 nitrogen and oxygen atoms in total. The van der Waals surface area contributed by atoms with Gasteiger partial charge in [-0.15, -0.1) is 0 Å². The number of esters is 1. The number of hydrogen-bond donors (Lipinski definition) is 2. The van der Waals surface area contributed by atoms with Crippen molar-refractivity contribution in [1.82, 2.24) is 5.32 Å². The summed E-state index contributed by atoms with van der Waals surface area (Å²) in [4.78, 5) is 35.8. The van der Waals surface area contributed by atoms with E-state index in [1.807, 2.05) is 0 Å². The highest BCUT2D eigenvalue weighted by Gasteiger charge is 2.20. The lowest BCUT2D eigenvalue weighted by molar-refractivity contribution is -0.152. The molecule has 8 heteroatoms. The third kappa shape index (κ3) is 5.60. The molecule has 2 N–H and O–H groups in total. The highest BCUT2D eigenvalue weighted by atomic mass is 19.1. The van der Waals surface area contributed by atoms with Crippen LogP contribution in [0.5, 0.6) is 0 Å². The zero-order valence-electron chi connectivity index (χ0n) is 14.7. The highest BCUT2D eigenvalue weighted by molar-refractivity contribution is 5.98. The number of amides is 2. The molecule has 0 bridgehead atoms. The van der Waals surface area contributed by atoms with Crippen LogP contribution in [0.1, 0.15) is 22.8 Å². The first-order valence-corrected chi connectivity index (χ1v) is 8.07.